The fraction of sp³-hybridized carbons (Fsp3) is 0.407. The molecule has 168 valence electrons. The van der Waals surface area contributed by atoms with Gasteiger partial charge in [0.05, 0.1) is 11.6 Å². The van der Waals surface area contributed by atoms with Gasteiger partial charge in [-0.2, -0.15) is 0 Å². The van der Waals surface area contributed by atoms with E-state index >= 15 is 0 Å². The molecule has 0 aromatic heterocycles. The molecule has 0 bridgehead atoms. The van der Waals surface area contributed by atoms with E-state index in [2.05, 4.69) is 12.1 Å². The molecule has 0 spiro atoms. The van der Waals surface area contributed by atoms with Gasteiger partial charge in [0.1, 0.15) is 5.75 Å². The fourth-order valence-electron chi connectivity index (χ4n) is 5.29. The zero-order valence-electron chi connectivity index (χ0n) is 18.8. The highest BCUT2D eigenvalue weighted by atomic mass is 16.3. The molecule has 5 nitrogen and oxygen atoms in total. The van der Waals surface area contributed by atoms with Gasteiger partial charge in [-0.15, -0.1) is 0 Å². The lowest BCUT2D eigenvalue weighted by atomic mass is 9.78. The minimum absolute atomic E-state index is 0.109. The number of ketones is 1. The van der Waals surface area contributed by atoms with Crippen LogP contribution in [0, 0.1) is 5.92 Å². The molecule has 1 aliphatic heterocycles. The number of aliphatic hydroxyl groups excluding tert-OH is 1. The van der Waals surface area contributed by atoms with Crippen LogP contribution in [0.2, 0.25) is 0 Å². The maximum Gasteiger partial charge on any atom is 0.290 e. The molecule has 2 aromatic carbocycles. The maximum atomic E-state index is 13.3. The summed E-state index contributed by atoms with van der Waals surface area (Å²) >= 11 is 0. The molecule has 2 aromatic rings. The van der Waals surface area contributed by atoms with Crippen molar-refractivity contribution in [2.45, 2.75) is 57.4 Å². The molecule has 2 aliphatic rings. The van der Waals surface area contributed by atoms with E-state index in [-0.39, 0.29) is 34.9 Å². The van der Waals surface area contributed by atoms with Gasteiger partial charge in [0.25, 0.3) is 5.91 Å². The Hall–Kier alpha value is -3.08. The minimum Gasteiger partial charge on any atom is -0.508 e. The van der Waals surface area contributed by atoms with Gasteiger partial charge in [0.2, 0.25) is 0 Å². The number of Topliss-reactive ketones (excluding diaryl/α,β-unsaturated/α-hetero) is 1. The summed E-state index contributed by atoms with van der Waals surface area (Å²) < 4.78 is 0. The SMILES string of the molecule is CC(C)CC(=O)C1=C(O)C(=O)N(CC2(c3ccccc3)CCCC2)C1c1ccc(O)cc1. The Morgan fingerprint density at radius 2 is 1.66 bits per heavy atom. The summed E-state index contributed by atoms with van der Waals surface area (Å²) in [5, 5.41) is 20.6. The highest BCUT2D eigenvalue weighted by molar-refractivity contribution is 6.09. The second kappa shape index (κ2) is 8.81. The number of carbonyl (C=O) groups is 2. The molecular weight excluding hydrogens is 402 g/mol. The van der Waals surface area contributed by atoms with Gasteiger partial charge in [-0.1, -0.05) is 69.2 Å². The van der Waals surface area contributed by atoms with Crippen LogP contribution in [0.1, 0.15) is 63.1 Å². The third-order valence-corrected chi connectivity index (χ3v) is 6.83. The van der Waals surface area contributed by atoms with E-state index in [0.29, 0.717) is 12.1 Å². The minimum atomic E-state index is -0.657. The van der Waals surface area contributed by atoms with Gasteiger partial charge in [-0.05, 0) is 42.0 Å². The van der Waals surface area contributed by atoms with Crippen molar-refractivity contribution in [2.24, 2.45) is 5.92 Å². The van der Waals surface area contributed by atoms with Crippen molar-refractivity contribution in [1.82, 2.24) is 4.90 Å². The van der Waals surface area contributed by atoms with Gasteiger partial charge in [0.15, 0.2) is 11.5 Å². The topological polar surface area (TPSA) is 77.8 Å². The van der Waals surface area contributed by atoms with E-state index in [1.54, 1.807) is 29.2 Å². The largest absolute Gasteiger partial charge is 0.508 e. The summed E-state index contributed by atoms with van der Waals surface area (Å²) in [7, 11) is 0. The second-order valence-corrected chi connectivity index (χ2v) is 9.56. The van der Waals surface area contributed by atoms with Gasteiger partial charge in [0, 0.05) is 18.4 Å². The maximum absolute atomic E-state index is 13.3. The van der Waals surface area contributed by atoms with E-state index in [1.807, 2.05) is 32.0 Å². The number of phenols is 1. The molecule has 1 atom stereocenters. The molecule has 0 saturated heterocycles. The number of aromatic hydroxyl groups is 1. The van der Waals surface area contributed by atoms with Crippen LogP contribution in [0.3, 0.4) is 0 Å². The third kappa shape index (κ3) is 4.04. The van der Waals surface area contributed by atoms with Crippen molar-refractivity contribution in [1.29, 1.82) is 0 Å². The van der Waals surface area contributed by atoms with E-state index in [1.165, 1.54) is 5.56 Å². The lowest BCUT2D eigenvalue weighted by Crippen LogP contribution is -2.42. The molecule has 1 aliphatic carbocycles. The van der Waals surface area contributed by atoms with E-state index < -0.39 is 17.7 Å². The van der Waals surface area contributed by atoms with Gasteiger partial charge in [-0.3, -0.25) is 9.59 Å². The summed E-state index contributed by atoms with van der Waals surface area (Å²) in [4.78, 5) is 28.2. The predicted octanol–water partition coefficient (Wildman–Crippen LogP) is 5.21. The molecule has 1 heterocycles. The molecule has 32 heavy (non-hydrogen) atoms. The van der Waals surface area contributed by atoms with Crippen LogP contribution in [-0.4, -0.2) is 33.3 Å². The number of benzene rings is 2. The van der Waals surface area contributed by atoms with Crippen LogP contribution in [-0.2, 0) is 15.0 Å². The molecule has 1 unspecified atom stereocenters. The molecule has 5 heteroatoms. The number of rotatable bonds is 7. The Labute approximate surface area is 189 Å². The Balaban J connectivity index is 1.77. The molecule has 0 radical (unpaired) electrons. The summed E-state index contributed by atoms with van der Waals surface area (Å²) in [6.07, 6.45) is 4.34. The molecule has 1 saturated carbocycles. The number of aliphatic hydroxyl groups is 1. The third-order valence-electron chi connectivity index (χ3n) is 6.83. The molecule has 4 rings (SSSR count). The van der Waals surface area contributed by atoms with Crippen LogP contribution in [0.4, 0.5) is 0 Å². The van der Waals surface area contributed by atoms with Crippen LogP contribution in [0.5, 0.6) is 5.75 Å². The van der Waals surface area contributed by atoms with Crippen molar-refractivity contribution in [3.8, 4) is 5.75 Å². The quantitative estimate of drug-likeness (QED) is 0.628. The Morgan fingerprint density at radius 3 is 2.25 bits per heavy atom. The standard InChI is InChI=1S/C27H31NO4/c1-18(2)16-22(30)23-24(19-10-12-21(29)13-11-19)28(26(32)25(23)31)17-27(14-6-7-15-27)20-8-4-3-5-9-20/h3-5,8-13,18,24,29,31H,6-7,14-17H2,1-2H3. The molecular formula is C27H31NO4. The lowest BCUT2D eigenvalue weighted by Gasteiger charge is -2.37. The number of hydrogen-bond donors (Lipinski definition) is 2. The normalized spacial score (nSPS) is 20.4. The second-order valence-electron chi connectivity index (χ2n) is 9.56. The number of amides is 1. The van der Waals surface area contributed by atoms with Crippen molar-refractivity contribution < 1.29 is 19.8 Å². The number of carbonyl (C=O) groups excluding carboxylic acids is 2. The highest BCUT2D eigenvalue weighted by Crippen LogP contribution is 2.46. The van der Waals surface area contributed by atoms with Crippen molar-refractivity contribution in [3.63, 3.8) is 0 Å². The van der Waals surface area contributed by atoms with E-state index in [9.17, 15) is 19.8 Å². The van der Waals surface area contributed by atoms with Crippen LogP contribution in [0.25, 0.3) is 0 Å². The zero-order chi connectivity index (χ0) is 22.9. The van der Waals surface area contributed by atoms with Crippen LogP contribution < -0.4 is 0 Å². The van der Waals surface area contributed by atoms with Gasteiger partial charge < -0.3 is 15.1 Å². The van der Waals surface area contributed by atoms with Gasteiger partial charge in [-0.25, -0.2) is 0 Å². The predicted molar refractivity (Wildman–Crippen MR) is 123 cm³/mol. The summed E-state index contributed by atoms with van der Waals surface area (Å²) in [6, 6.07) is 16.2. The Bertz CT molecular complexity index is 1020. The average Bonchev–Trinajstić information content (AvgIpc) is 3.34. The lowest BCUT2D eigenvalue weighted by molar-refractivity contribution is -0.130. The summed E-state index contributed by atoms with van der Waals surface area (Å²) in [5.41, 5.74) is 1.88. The summed E-state index contributed by atoms with van der Waals surface area (Å²) in [6.45, 7) is 4.33. The summed E-state index contributed by atoms with van der Waals surface area (Å²) in [5.74, 6) is -0.902. The molecule has 1 amide bonds. The van der Waals surface area contributed by atoms with E-state index in [4.69, 9.17) is 0 Å². The highest BCUT2D eigenvalue weighted by Gasteiger charge is 2.47. The van der Waals surface area contributed by atoms with Crippen molar-refractivity contribution in [2.75, 3.05) is 6.54 Å². The molecule has 2 N–H and O–H groups in total. The fourth-order valence-corrected chi connectivity index (χ4v) is 5.29. The first-order chi connectivity index (χ1) is 15.3. The first-order valence-electron chi connectivity index (χ1n) is 11.4. The number of nitrogens with zero attached hydrogens (tertiary/aromatic N) is 1. The van der Waals surface area contributed by atoms with Crippen LogP contribution in [0.15, 0.2) is 65.9 Å². The van der Waals surface area contributed by atoms with Crippen molar-refractivity contribution >= 4 is 11.7 Å². The Morgan fingerprint density at radius 1 is 1.03 bits per heavy atom. The monoisotopic (exact) mass is 433 g/mol. The zero-order valence-corrected chi connectivity index (χ0v) is 18.8. The smallest absolute Gasteiger partial charge is 0.290 e. The first-order valence-corrected chi connectivity index (χ1v) is 11.4. The Kier molecular flexibility index (Phi) is 6.09. The van der Waals surface area contributed by atoms with Crippen LogP contribution >= 0.6 is 0 Å². The number of hydrogen-bond acceptors (Lipinski definition) is 4. The molecule has 1 fully saturated rings. The average molecular weight is 434 g/mol. The van der Waals surface area contributed by atoms with E-state index in [0.717, 1.165) is 25.7 Å². The van der Waals surface area contributed by atoms with Gasteiger partial charge >= 0.3 is 0 Å². The number of phenolic OH excluding ortho intramolecular Hbond substituents is 1. The first kappa shape index (κ1) is 22.1. The van der Waals surface area contributed by atoms with Crippen molar-refractivity contribution in [3.05, 3.63) is 77.1 Å².